The molecule has 0 fully saturated rings. The highest BCUT2D eigenvalue weighted by Gasteiger charge is 2.25. The van der Waals surface area contributed by atoms with Gasteiger partial charge in [-0.05, 0) is 57.5 Å². The number of hydrogen-bond donors (Lipinski definition) is 2. The molecule has 0 saturated carbocycles. The van der Waals surface area contributed by atoms with Gasteiger partial charge in [-0.3, -0.25) is 0 Å². The summed E-state index contributed by atoms with van der Waals surface area (Å²) in [7, 11) is 4.10. The summed E-state index contributed by atoms with van der Waals surface area (Å²) in [4.78, 5) is 0. The van der Waals surface area contributed by atoms with Gasteiger partial charge in [0.25, 0.3) is 0 Å². The summed E-state index contributed by atoms with van der Waals surface area (Å²) in [5.74, 6) is 1.25. The van der Waals surface area contributed by atoms with Gasteiger partial charge < -0.3 is 10.6 Å². The van der Waals surface area contributed by atoms with Crippen LogP contribution in [-0.2, 0) is 0 Å². The van der Waals surface area contributed by atoms with Gasteiger partial charge in [-0.15, -0.1) is 0 Å². The number of benzene rings is 1. The number of nitrogens with one attached hydrogen (secondary N) is 2. The predicted octanol–water partition coefficient (Wildman–Crippen LogP) is 3.06. The van der Waals surface area contributed by atoms with Crippen molar-refractivity contribution in [1.82, 2.24) is 10.6 Å². The van der Waals surface area contributed by atoms with Gasteiger partial charge in [0.05, 0.1) is 0 Å². The summed E-state index contributed by atoms with van der Waals surface area (Å²) in [6.07, 6.45) is 0. The number of aryl methyl sites for hydroxylation is 2. The van der Waals surface area contributed by atoms with E-state index in [0.717, 1.165) is 6.54 Å². The zero-order valence-electron chi connectivity index (χ0n) is 12.7. The molecule has 2 atom stereocenters. The molecule has 0 radical (unpaired) electrons. The maximum atomic E-state index is 3.50. The fourth-order valence-corrected chi connectivity index (χ4v) is 2.75. The van der Waals surface area contributed by atoms with Crippen molar-refractivity contribution < 1.29 is 0 Å². The maximum absolute atomic E-state index is 3.50. The van der Waals surface area contributed by atoms with Crippen molar-refractivity contribution in [2.45, 2.75) is 33.7 Å². The highest BCUT2D eigenvalue weighted by atomic mass is 14.9. The normalized spacial score (nSPS) is 14.8. The van der Waals surface area contributed by atoms with Gasteiger partial charge in [0.1, 0.15) is 0 Å². The molecule has 0 heterocycles. The van der Waals surface area contributed by atoms with E-state index in [1.165, 1.54) is 16.7 Å². The van der Waals surface area contributed by atoms with Crippen LogP contribution in [0.4, 0.5) is 0 Å². The molecule has 0 aliphatic rings. The van der Waals surface area contributed by atoms with Crippen LogP contribution in [0, 0.1) is 25.7 Å². The van der Waals surface area contributed by atoms with Crippen molar-refractivity contribution in [3.8, 4) is 0 Å². The quantitative estimate of drug-likeness (QED) is 0.808. The Morgan fingerprint density at radius 1 is 1.11 bits per heavy atom. The van der Waals surface area contributed by atoms with Crippen LogP contribution in [0.2, 0.25) is 0 Å². The van der Waals surface area contributed by atoms with Crippen LogP contribution in [0.1, 0.15) is 36.6 Å². The molecule has 102 valence electrons. The van der Waals surface area contributed by atoms with E-state index >= 15 is 0 Å². The van der Waals surface area contributed by atoms with Gasteiger partial charge in [0.2, 0.25) is 0 Å². The van der Waals surface area contributed by atoms with Crippen LogP contribution in [-0.4, -0.2) is 20.6 Å². The molecule has 2 unspecified atom stereocenters. The Labute approximate surface area is 112 Å². The second kappa shape index (κ2) is 6.91. The van der Waals surface area contributed by atoms with Gasteiger partial charge in [-0.25, -0.2) is 0 Å². The van der Waals surface area contributed by atoms with Crippen LogP contribution in [0.3, 0.4) is 0 Å². The summed E-state index contributed by atoms with van der Waals surface area (Å²) in [5.41, 5.74) is 4.15. The zero-order chi connectivity index (χ0) is 13.7. The summed E-state index contributed by atoms with van der Waals surface area (Å²) < 4.78 is 0. The van der Waals surface area contributed by atoms with E-state index < -0.39 is 0 Å². The standard InChI is InChI=1S/C16H28N2/c1-11(2)15(10-17-5)16(18-6)14-8-7-12(3)9-13(14)4/h7-9,11,15-18H,10H2,1-6H3. The van der Waals surface area contributed by atoms with Gasteiger partial charge >= 0.3 is 0 Å². The van der Waals surface area contributed by atoms with Gasteiger partial charge in [0, 0.05) is 6.04 Å². The zero-order valence-corrected chi connectivity index (χ0v) is 12.7. The van der Waals surface area contributed by atoms with E-state index in [-0.39, 0.29) is 0 Å². The summed E-state index contributed by atoms with van der Waals surface area (Å²) in [6, 6.07) is 7.18. The first kappa shape index (κ1) is 15.2. The van der Waals surface area contributed by atoms with E-state index in [0.29, 0.717) is 17.9 Å². The molecular formula is C16H28N2. The first-order chi connectivity index (χ1) is 8.51. The minimum Gasteiger partial charge on any atom is -0.319 e. The van der Waals surface area contributed by atoms with E-state index in [9.17, 15) is 0 Å². The Balaban J connectivity index is 3.06. The van der Waals surface area contributed by atoms with Crippen molar-refractivity contribution in [3.05, 3.63) is 34.9 Å². The molecule has 0 amide bonds. The molecule has 0 aliphatic heterocycles. The van der Waals surface area contributed by atoms with Crippen molar-refractivity contribution in [2.24, 2.45) is 11.8 Å². The third-order valence-corrected chi connectivity index (χ3v) is 3.80. The predicted molar refractivity (Wildman–Crippen MR) is 80.0 cm³/mol. The monoisotopic (exact) mass is 248 g/mol. The molecule has 1 rings (SSSR count). The molecule has 0 saturated heterocycles. The first-order valence-electron chi connectivity index (χ1n) is 6.90. The molecule has 2 nitrogen and oxygen atoms in total. The van der Waals surface area contributed by atoms with E-state index in [1.807, 2.05) is 7.05 Å². The fraction of sp³-hybridized carbons (Fsp3) is 0.625. The molecule has 18 heavy (non-hydrogen) atoms. The topological polar surface area (TPSA) is 24.1 Å². The Bertz CT molecular complexity index is 371. The van der Waals surface area contributed by atoms with Crippen molar-refractivity contribution in [3.63, 3.8) is 0 Å². The largest absolute Gasteiger partial charge is 0.319 e. The summed E-state index contributed by atoms with van der Waals surface area (Å²) in [5, 5.41) is 6.83. The third kappa shape index (κ3) is 3.56. The van der Waals surface area contributed by atoms with Crippen molar-refractivity contribution in [2.75, 3.05) is 20.6 Å². The van der Waals surface area contributed by atoms with E-state index in [2.05, 4.69) is 63.6 Å². The van der Waals surface area contributed by atoms with Crippen LogP contribution in [0.15, 0.2) is 18.2 Å². The molecule has 2 N–H and O–H groups in total. The number of hydrogen-bond acceptors (Lipinski definition) is 2. The molecule has 1 aromatic carbocycles. The van der Waals surface area contributed by atoms with Crippen molar-refractivity contribution in [1.29, 1.82) is 0 Å². The van der Waals surface area contributed by atoms with Crippen LogP contribution in [0.25, 0.3) is 0 Å². The Hall–Kier alpha value is -0.860. The van der Waals surface area contributed by atoms with Crippen molar-refractivity contribution >= 4 is 0 Å². The average Bonchev–Trinajstić information content (AvgIpc) is 2.31. The second-order valence-corrected chi connectivity index (χ2v) is 5.59. The maximum Gasteiger partial charge on any atom is 0.0363 e. The lowest BCUT2D eigenvalue weighted by molar-refractivity contribution is 0.284. The molecular weight excluding hydrogens is 220 g/mol. The number of rotatable bonds is 6. The van der Waals surface area contributed by atoms with Crippen LogP contribution < -0.4 is 10.6 Å². The second-order valence-electron chi connectivity index (χ2n) is 5.59. The minimum atomic E-state index is 0.415. The summed E-state index contributed by atoms with van der Waals surface area (Å²) >= 11 is 0. The van der Waals surface area contributed by atoms with Crippen LogP contribution >= 0.6 is 0 Å². The highest BCUT2D eigenvalue weighted by molar-refractivity contribution is 5.33. The Kier molecular flexibility index (Phi) is 5.83. The van der Waals surface area contributed by atoms with Gasteiger partial charge in [-0.1, -0.05) is 37.6 Å². The first-order valence-corrected chi connectivity index (χ1v) is 6.90. The van der Waals surface area contributed by atoms with Gasteiger partial charge in [-0.2, -0.15) is 0 Å². The minimum absolute atomic E-state index is 0.415. The van der Waals surface area contributed by atoms with Gasteiger partial charge in [0.15, 0.2) is 0 Å². The lowest BCUT2D eigenvalue weighted by Crippen LogP contribution is -2.35. The Morgan fingerprint density at radius 2 is 1.78 bits per heavy atom. The smallest absolute Gasteiger partial charge is 0.0363 e. The molecule has 0 aromatic heterocycles. The lowest BCUT2D eigenvalue weighted by atomic mass is 9.82. The molecule has 2 heteroatoms. The highest BCUT2D eigenvalue weighted by Crippen LogP contribution is 2.29. The molecule has 0 aliphatic carbocycles. The molecule has 0 spiro atoms. The average molecular weight is 248 g/mol. The summed E-state index contributed by atoms with van der Waals surface area (Å²) in [6.45, 7) is 10.0. The molecule has 0 bridgehead atoms. The van der Waals surface area contributed by atoms with E-state index in [4.69, 9.17) is 0 Å². The SMILES string of the molecule is CNCC(C(C)C)C(NC)c1ccc(C)cc1C. The third-order valence-electron chi connectivity index (χ3n) is 3.80. The van der Waals surface area contributed by atoms with E-state index in [1.54, 1.807) is 0 Å². The van der Waals surface area contributed by atoms with Crippen LogP contribution in [0.5, 0.6) is 0 Å². The Morgan fingerprint density at radius 3 is 2.22 bits per heavy atom. The molecule has 1 aromatic rings. The fourth-order valence-electron chi connectivity index (χ4n) is 2.75. The lowest BCUT2D eigenvalue weighted by Gasteiger charge is -2.31.